The molecular weight excluding hydrogens is 268 g/mol. The summed E-state index contributed by atoms with van der Waals surface area (Å²) < 4.78 is 4.65. The van der Waals surface area contributed by atoms with E-state index < -0.39 is 0 Å². The fraction of sp³-hybridized carbons (Fsp3) is 0.875. The molecule has 21 heavy (non-hydrogen) atoms. The van der Waals surface area contributed by atoms with Crippen LogP contribution < -0.4 is 5.32 Å². The van der Waals surface area contributed by atoms with Gasteiger partial charge in [-0.2, -0.15) is 0 Å². The lowest BCUT2D eigenvalue weighted by Crippen LogP contribution is -2.43. The number of carbonyl (C=O) groups is 2. The molecule has 0 fully saturated rings. The lowest BCUT2D eigenvalue weighted by molar-refractivity contribution is -0.142. The van der Waals surface area contributed by atoms with Crippen molar-refractivity contribution in [2.24, 2.45) is 5.92 Å². The van der Waals surface area contributed by atoms with E-state index in [2.05, 4.69) is 23.9 Å². The summed E-state index contributed by atoms with van der Waals surface area (Å²) in [6.07, 6.45) is 4.20. The molecule has 1 amide bonds. The Hall–Kier alpha value is -1.10. The van der Waals surface area contributed by atoms with Crippen molar-refractivity contribution in [1.82, 2.24) is 10.2 Å². The van der Waals surface area contributed by atoms with Gasteiger partial charge in [0.25, 0.3) is 0 Å². The normalized spacial score (nSPS) is 12.5. The van der Waals surface area contributed by atoms with Crippen LogP contribution in [0.4, 0.5) is 0 Å². The average Bonchev–Trinajstić information content (AvgIpc) is 2.37. The van der Waals surface area contributed by atoms with Crippen LogP contribution in [0.25, 0.3) is 0 Å². The van der Waals surface area contributed by atoms with E-state index in [1.165, 1.54) is 13.5 Å². The number of nitrogens with one attached hydrogen (secondary N) is 1. The Morgan fingerprint density at radius 3 is 2.33 bits per heavy atom. The Morgan fingerprint density at radius 2 is 1.81 bits per heavy atom. The van der Waals surface area contributed by atoms with Crippen LogP contribution in [0.1, 0.15) is 53.4 Å². The third-order valence-electron chi connectivity index (χ3n) is 3.31. The summed E-state index contributed by atoms with van der Waals surface area (Å²) in [6, 6.07) is 0.179. The van der Waals surface area contributed by atoms with Crippen molar-refractivity contribution in [3.63, 3.8) is 0 Å². The third kappa shape index (κ3) is 11.3. The fourth-order valence-corrected chi connectivity index (χ4v) is 2.21. The van der Waals surface area contributed by atoms with Gasteiger partial charge in [0.1, 0.15) is 0 Å². The summed E-state index contributed by atoms with van der Waals surface area (Å²) in [4.78, 5) is 25.1. The van der Waals surface area contributed by atoms with E-state index in [0.717, 1.165) is 19.3 Å². The van der Waals surface area contributed by atoms with Crippen LogP contribution in [0, 0.1) is 5.92 Å². The SMILES string of the molecule is CCCN(CC(=O)NC(C)CCCC(C)C)CC(=O)OC. The molecule has 1 unspecified atom stereocenters. The summed E-state index contributed by atoms with van der Waals surface area (Å²) in [5.41, 5.74) is 0. The van der Waals surface area contributed by atoms with Crippen LogP contribution in [-0.4, -0.2) is 49.6 Å². The van der Waals surface area contributed by atoms with Crippen molar-refractivity contribution in [2.75, 3.05) is 26.7 Å². The second-order valence-corrected chi connectivity index (χ2v) is 6.08. The molecule has 0 aromatic rings. The first-order valence-electron chi connectivity index (χ1n) is 7.97. The predicted octanol–water partition coefficient (Wildman–Crippen LogP) is 2.20. The number of methoxy groups -OCH3 is 1. The summed E-state index contributed by atoms with van der Waals surface area (Å²) in [5, 5.41) is 3.00. The monoisotopic (exact) mass is 300 g/mol. The Kier molecular flexibility index (Phi) is 10.9. The predicted molar refractivity (Wildman–Crippen MR) is 85.0 cm³/mol. The Balaban J connectivity index is 4.08. The zero-order chi connectivity index (χ0) is 16.3. The molecule has 0 aromatic heterocycles. The maximum absolute atomic E-state index is 12.0. The molecule has 124 valence electrons. The van der Waals surface area contributed by atoms with Gasteiger partial charge in [0.05, 0.1) is 20.2 Å². The number of ether oxygens (including phenoxy) is 1. The Morgan fingerprint density at radius 1 is 1.14 bits per heavy atom. The highest BCUT2D eigenvalue weighted by atomic mass is 16.5. The molecule has 0 radical (unpaired) electrons. The van der Waals surface area contributed by atoms with E-state index in [9.17, 15) is 9.59 Å². The molecule has 0 aliphatic carbocycles. The summed E-state index contributed by atoms with van der Waals surface area (Å²) in [5.74, 6) is 0.374. The van der Waals surface area contributed by atoms with Crippen LogP contribution in [0.15, 0.2) is 0 Å². The molecule has 0 saturated carbocycles. The molecule has 1 N–H and O–H groups in total. The molecule has 0 rings (SSSR count). The average molecular weight is 300 g/mol. The molecule has 0 aliphatic rings. The van der Waals surface area contributed by atoms with Gasteiger partial charge in [0.15, 0.2) is 0 Å². The Labute approximate surface area is 129 Å². The minimum absolute atomic E-state index is 0.0237. The van der Waals surface area contributed by atoms with Crippen molar-refractivity contribution in [1.29, 1.82) is 0 Å². The maximum Gasteiger partial charge on any atom is 0.319 e. The van der Waals surface area contributed by atoms with Gasteiger partial charge < -0.3 is 10.1 Å². The number of hydrogen-bond donors (Lipinski definition) is 1. The second kappa shape index (κ2) is 11.5. The fourth-order valence-electron chi connectivity index (χ4n) is 2.21. The van der Waals surface area contributed by atoms with Crippen molar-refractivity contribution >= 4 is 11.9 Å². The van der Waals surface area contributed by atoms with Crippen molar-refractivity contribution in [3.8, 4) is 0 Å². The van der Waals surface area contributed by atoms with Crippen molar-refractivity contribution in [3.05, 3.63) is 0 Å². The van der Waals surface area contributed by atoms with Gasteiger partial charge in [0, 0.05) is 6.04 Å². The highest BCUT2D eigenvalue weighted by molar-refractivity contribution is 5.79. The molecule has 0 aliphatic heterocycles. The van der Waals surface area contributed by atoms with Crippen LogP contribution in [0.2, 0.25) is 0 Å². The van der Waals surface area contributed by atoms with Gasteiger partial charge in [0.2, 0.25) is 5.91 Å². The molecule has 5 heteroatoms. The van der Waals surface area contributed by atoms with E-state index in [1.54, 1.807) is 0 Å². The van der Waals surface area contributed by atoms with Gasteiger partial charge >= 0.3 is 5.97 Å². The minimum atomic E-state index is -0.304. The first kappa shape index (κ1) is 19.9. The van der Waals surface area contributed by atoms with Crippen LogP contribution in [-0.2, 0) is 14.3 Å². The maximum atomic E-state index is 12.0. The van der Waals surface area contributed by atoms with E-state index in [1.807, 2.05) is 18.7 Å². The number of amides is 1. The zero-order valence-electron chi connectivity index (χ0n) is 14.3. The number of nitrogens with zero attached hydrogens (tertiary/aromatic N) is 1. The van der Waals surface area contributed by atoms with Crippen LogP contribution in [0.5, 0.6) is 0 Å². The molecule has 0 saturated heterocycles. The molecule has 0 spiro atoms. The molecule has 0 aromatic carbocycles. The Bertz CT molecular complexity index is 306. The summed E-state index contributed by atoms with van der Waals surface area (Å²) >= 11 is 0. The third-order valence-corrected chi connectivity index (χ3v) is 3.31. The molecule has 1 atom stereocenters. The number of rotatable bonds is 11. The first-order chi connectivity index (χ1) is 9.88. The van der Waals surface area contributed by atoms with Gasteiger partial charge in [-0.25, -0.2) is 0 Å². The standard InChI is InChI=1S/C16H32N2O3/c1-6-10-18(12-16(20)21-5)11-15(19)17-14(4)9-7-8-13(2)3/h13-14H,6-12H2,1-5H3,(H,17,19). The van der Waals surface area contributed by atoms with Gasteiger partial charge in [-0.1, -0.05) is 33.6 Å². The van der Waals surface area contributed by atoms with Gasteiger partial charge in [-0.15, -0.1) is 0 Å². The molecule has 5 nitrogen and oxygen atoms in total. The number of esters is 1. The highest BCUT2D eigenvalue weighted by Gasteiger charge is 2.15. The van der Waals surface area contributed by atoms with E-state index in [4.69, 9.17) is 0 Å². The smallest absolute Gasteiger partial charge is 0.319 e. The molecule has 0 heterocycles. The van der Waals surface area contributed by atoms with Crippen molar-refractivity contribution < 1.29 is 14.3 Å². The first-order valence-corrected chi connectivity index (χ1v) is 7.97. The van der Waals surface area contributed by atoms with Gasteiger partial charge in [-0.05, 0) is 32.2 Å². The molecular formula is C16H32N2O3. The quantitative estimate of drug-likeness (QED) is 0.594. The summed E-state index contributed by atoms with van der Waals surface area (Å²) in [6.45, 7) is 9.60. The minimum Gasteiger partial charge on any atom is -0.468 e. The van der Waals surface area contributed by atoms with E-state index >= 15 is 0 Å². The van der Waals surface area contributed by atoms with Gasteiger partial charge in [-0.3, -0.25) is 14.5 Å². The lowest BCUT2D eigenvalue weighted by Gasteiger charge is -2.21. The second-order valence-electron chi connectivity index (χ2n) is 6.08. The number of hydrogen-bond acceptors (Lipinski definition) is 4. The zero-order valence-corrected chi connectivity index (χ0v) is 14.3. The lowest BCUT2D eigenvalue weighted by atomic mass is 10.0. The summed E-state index contributed by atoms with van der Waals surface area (Å²) in [7, 11) is 1.36. The van der Waals surface area contributed by atoms with Crippen LogP contribution >= 0.6 is 0 Å². The van der Waals surface area contributed by atoms with Crippen LogP contribution in [0.3, 0.4) is 0 Å². The topological polar surface area (TPSA) is 58.6 Å². The van der Waals surface area contributed by atoms with E-state index in [-0.39, 0.29) is 31.0 Å². The molecule has 0 bridgehead atoms. The largest absolute Gasteiger partial charge is 0.468 e. The number of carbonyl (C=O) groups excluding carboxylic acids is 2. The van der Waals surface area contributed by atoms with Crippen molar-refractivity contribution in [2.45, 2.75) is 59.4 Å². The highest BCUT2D eigenvalue weighted by Crippen LogP contribution is 2.08. The van der Waals surface area contributed by atoms with E-state index in [0.29, 0.717) is 12.5 Å².